The molecule has 0 radical (unpaired) electrons. The lowest BCUT2D eigenvalue weighted by atomic mass is 9.66. The monoisotopic (exact) mass is 343 g/mol. The van der Waals surface area contributed by atoms with Crippen LogP contribution < -0.4 is 9.47 Å². The fourth-order valence-corrected chi connectivity index (χ4v) is 3.50. The van der Waals surface area contributed by atoms with Crippen LogP contribution in [0.2, 0.25) is 0 Å². The van der Waals surface area contributed by atoms with Gasteiger partial charge in [0.1, 0.15) is 5.41 Å². The van der Waals surface area contributed by atoms with E-state index in [0.29, 0.717) is 24.0 Å². The van der Waals surface area contributed by atoms with Gasteiger partial charge in [-0.1, -0.05) is 0 Å². The van der Waals surface area contributed by atoms with Gasteiger partial charge in [-0.2, -0.15) is 0 Å². The third-order valence-electron chi connectivity index (χ3n) is 4.77. The van der Waals surface area contributed by atoms with Crippen LogP contribution in [0.1, 0.15) is 22.3 Å². The Kier molecular flexibility index (Phi) is 4.16. The van der Waals surface area contributed by atoms with E-state index in [1.54, 1.807) is 13.1 Å². The standard InChI is InChI=1S/C18H17NO6/c1-19(10-21)8-7-18-14(23)6-4-12(22)17(18)25-16-13(24-2)5-3-11(9-20)15(16)18/h3-6,9-10,17H,7-8H2,1-2H3/t17-,18-/m0/s1. The summed E-state index contributed by atoms with van der Waals surface area (Å²) in [4.78, 5) is 49.2. The summed E-state index contributed by atoms with van der Waals surface area (Å²) in [5, 5.41) is 0. The van der Waals surface area contributed by atoms with E-state index in [1.165, 1.54) is 30.2 Å². The Morgan fingerprint density at radius 2 is 2.04 bits per heavy atom. The molecular formula is C18H17NO6. The number of ether oxygens (including phenoxy) is 2. The number of benzene rings is 1. The minimum atomic E-state index is -1.34. The molecule has 1 aromatic carbocycles. The van der Waals surface area contributed by atoms with Crippen molar-refractivity contribution in [1.29, 1.82) is 0 Å². The first-order chi connectivity index (χ1) is 12.0. The number of carbonyl (C=O) groups is 4. The van der Waals surface area contributed by atoms with Crippen molar-refractivity contribution < 1.29 is 28.7 Å². The maximum atomic E-state index is 12.9. The lowest BCUT2D eigenvalue weighted by molar-refractivity contribution is -0.133. The van der Waals surface area contributed by atoms with Gasteiger partial charge in [0.15, 0.2) is 35.5 Å². The first-order valence-electron chi connectivity index (χ1n) is 7.74. The molecule has 0 spiro atoms. The Labute approximate surface area is 144 Å². The van der Waals surface area contributed by atoms with Gasteiger partial charge in [-0.05, 0) is 30.7 Å². The van der Waals surface area contributed by atoms with Crippen LogP contribution in [0.25, 0.3) is 0 Å². The van der Waals surface area contributed by atoms with Gasteiger partial charge in [-0.3, -0.25) is 19.2 Å². The van der Waals surface area contributed by atoms with E-state index >= 15 is 0 Å². The van der Waals surface area contributed by atoms with Crippen molar-refractivity contribution >= 4 is 24.3 Å². The van der Waals surface area contributed by atoms with Crippen LogP contribution in [0.5, 0.6) is 11.5 Å². The van der Waals surface area contributed by atoms with Gasteiger partial charge in [0, 0.05) is 24.7 Å². The Morgan fingerprint density at radius 3 is 2.68 bits per heavy atom. The summed E-state index contributed by atoms with van der Waals surface area (Å²) in [5.41, 5.74) is -0.721. The van der Waals surface area contributed by atoms with Crippen molar-refractivity contribution in [2.45, 2.75) is 17.9 Å². The van der Waals surface area contributed by atoms with Crippen LogP contribution in [0, 0.1) is 0 Å². The molecular weight excluding hydrogens is 326 g/mol. The van der Waals surface area contributed by atoms with Crippen molar-refractivity contribution in [3.63, 3.8) is 0 Å². The average molecular weight is 343 g/mol. The van der Waals surface area contributed by atoms with E-state index in [1.807, 2.05) is 0 Å². The number of methoxy groups -OCH3 is 1. The van der Waals surface area contributed by atoms with Gasteiger partial charge in [0.05, 0.1) is 7.11 Å². The summed E-state index contributed by atoms with van der Waals surface area (Å²) in [5.74, 6) is -0.107. The first kappa shape index (κ1) is 16.9. The maximum Gasteiger partial charge on any atom is 0.209 e. The molecule has 2 atom stereocenters. The summed E-state index contributed by atoms with van der Waals surface area (Å²) in [6.45, 7) is 0.227. The largest absolute Gasteiger partial charge is 0.493 e. The number of hydrogen-bond donors (Lipinski definition) is 0. The zero-order valence-corrected chi connectivity index (χ0v) is 13.9. The summed E-state index contributed by atoms with van der Waals surface area (Å²) < 4.78 is 11.1. The number of ketones is 2. The van der Waals surface area contributed by atoms with Crippen molar-refractivity contribution in [3.8, 4) is 11.5 Å². The number of nitrogens with zero attached hydrogens (tertiary/aromatic N) is 1. The molecule has 130 valence electrons. The van der Waals surface area contributed by atoms with Crippen LogP contribution in [-0.4, -0.2) is 56.0 Å². The van der Waals surface area contributed by atoms with Crippen LogP contribution in [0.15, 0.2) is 24.3 Å². The maximum absolute atomic E-state index is 12.9. The number of hydrogen-bond acceptors (Lipinski definition) is 6. The third kappa shape index (κ3) is 2.34. The highest BCUT2D eigenvalue weighted by Crippen LogP contribution is 2.53. The summed E-state index contributed by atoms with van der Waals surface area (Å²) >= 11 is 0. The highest BCUT2D eigenvalue weighted by Gasteiger charge is 2.59. The van der Waals surface area contributed by atoms with E-state index in [-0.39, 0.29) is 35.8 Å². The van der Waals surface area contributed by atoms with E-state index in [4.69, 9.17) is 9.47 Å². The molecule has 0 saturated heterocycles. The van der Waals surface area contributed by atoms with Crippen LogP contribution in [0.3, 0.4) is 0 Å². The normalized spacial score (nSPS) is 23.5. The molecule has 0 unspecified atom stereocenters. The second-order valence-corrected chi connectivity index (χ2v) is 6.08. The summed E-state index contributed by atoms with van der Waals surface area (Å²) in [7, 11) is 3.02. The molecule has 7 nitrogen and oxygen atoms in total. The molecule has 1 aromatic rings. The van der Waals surface area contributed by atoms with Crippen LogP contribution in [0.4, 0.5) is 0 Å². The second-order valence-electron chi connectivity index (χ2n) is 6.08. The third-order valence-corrected chi connectivity index (χ3v) is 4.77. The number of allylic oxidation sites excluding steroid dienone is 1. The SMILES string of the molecule is COc1ccc(C=O)c2c1O[C@H]1C(=O)C=CC(=O)[C@@]21CCN(C)C=O. The van der Waals surface area contributed by atoms with Gasteiger partial charge in [-0.25, -0.2) is 0 Å². The molecule has 7 heteroatoms. The lowest BCUT2D eigenvalue weighted by Gasteiger charge is -2.34. The van der Waals surface area contributed by atoms with Gasteiger partial charge >= 0.3 is 0 Å². The second kappa shape index (κ2) is 6.16. The minimum Gasteiger partial charge on any atom is -0.493 e. The molecule has 0 saturated carbocycles. The van der Waals surface area contributed by atoms with Gasteiger partial charge in [0.2, 0.25) is 6.41 Å². The molecule has 2 aliphatic rings. The molecule has 3 rings (SSSR count). The number of fused-ring (bicyclic) bond motifs is 3. The van der Waals surface area contributed by atoms with Gasteiger partial charge in [-0.15, -0.1) is 0 Å². The lowest BCUT2D eigenvalue weighted by Crippen LogP contribution is -2.52. The fraction of sp³-hybridized carbons (Fsp3) is 0.333. The Hall–Kier alpha value is -2.96. The smallest absolute Gasteiger partial charge is 0.209 e. The average Bonchev–Trinajstić information content (AvgIpc) is 2.99. The van der Waals surface area contributed by atoms with Crippen molar-refractivity contribution in [3.05, 3.63) is 35.4 Å². The predicted molar refractivity (Wildman–Crippen MR) is 86.9 cm³/mol. The van der Waals surface area contributed by atoms with Gasteiger partial charge in [0.25, 0.3) is 0 Å². The first-order valence-corrected chi connectivity index (χ1v) is 7.74. The molecule has 0 fully saturated rings. The van der Waals surface area contributed by atoms with Crippen LogP contribution >= 0.6 is 0 Å². The fourth-order valence-electron chi connectivity index (χ4n) is 3.50. The number of rotatable bonds is 6. The molecule has 1 aliphatic carbocycles. The van der Waals surface area contributed by atoms with Crippen molar-refractivity contribution in [1.82, 2.24) is 4.90 Å². The quantitative estimate of drug-likeness (QED) is 0.706. The topological polar surface area (TPSA) is 90.0 Å². The molecule has 1 heterocycles. The summed E-state index contributed by atoms with van der Waals surface area (Å²) in [6, 6.07) is 3.10. The zero-order valence-electron chi connectivity index (χ0n) is 13.9. The highest BCUT2D eigenvalue weighted by molar-refractivity contribution is 6.15. The Bertz CT molecular complexity index is 799. The molecule has 0 aromatic heterocycles. The van der Waals surface area contributed by atoms with Crippen molar-refractivity contribution in [2.75, 3.05) is 20.7 Å². The van der Waals surface area contributed by atoms with E-state index < -0.39 is 11.5 Å². The Morgan fingerprint density at radius 1 is 1.28 bits per heavy atom. The highest BCUT2D eigenvalue weighted by atomic mass is 16.5. The number of carbonyl (C=O) groups excluding carboxylic acids is 4. The van der Waals surface area contributed by atoms with E-state index in [9.17, 15) is 19.2 Å². The molecule has 25 heavy (non-hydrogen) atoms. The molecule has 1 aliphatic heterocycles. The van der Waals surface area contributed by atoms with E-state index in [0.717, 1.165) is 0 Å². The molecule has 1 amide bonds. The zero-order chi connectivity index (χ0) is 18.2. The van der Waals surface area contributed by atoms with Crippen LogP contribution in [-0.2, 0) is 19.8 Å². The van der Waals surface area contributed by atoms with Crippen molar-refractivity contribution in [2.24, 2.45) is 0 Å². The molecule has 0 bridgehead atoms. The Balaban J connectivity index is 2.24. The summed E-state index contributed by atoms with van der Waals surface area (Å²) in [6.07, 6.45) is 2.75. The number of aldehydes is 1. The minimum absolute atomic E-state index is 0.156. The molecule has 0 N–H and O–H groups in total. The predicted octanol–water partition coefficient (Wildman–Crippen LogP) is 0.693. The van der Waals surface area contributed by atoms with E-state index in [2.05, 4.69) is 0 Å². The van der Waals surface area contributed by atoms with Gasteiger partial charge < -0.3 is 14.4 Å². The number of amides is 1.